The standard InChI is InChI=1S/C12H11N3O2/c1-14-10-7-13-9-6-4-3-5-8(9)11(10)15(17-2)12(14)16/h3-7H,1-2H3. The zero-order valence-electron chi connectivity index (χ0n) is 9.54. The number of hydrogen-bond donors (Lipinski definition) is 0. The average molecular weight is 229 g/mol. The van der Waals surface area contributed by atoms with Crippen LogP contribution in [0.2, 0.25) is 0 Å². The van der Waals surface area contributed by atoms with Crippen molar-refractivity contribution in [3.63, 3.8) is 0 Å². The zero-order valence-corrected chi connectivity index (χ0v) is 9.54. The summed E-state index contributed by atoms with van der Waals surface area (Å²) in [5.74, 6) is 0. The van der Waals surface area contributed by atoms with Gasteiger partial charge in [-0.3, -0.25) is 9.55 Å². The van der Waals surface area contributed by atoms with Crippen molar-refractivity contribution in [1.82, 2.24) is 14.3 Å². The van der Waals surface area contributed by atoms with Crippen molar-refractivity contribution in [3.8, 4) is 0 Å². The summed E-state index contributed by atoms with van der Waals surface area (Å²) in [6.07, 6.45) is 1.69. The van der Waals surface area contributed by atoms with Crippen LogP contribution in [0.15, 0.2) is 35.3 Å². The third kappa shape index (κ3) is 1.19. The molecule has 0 spiro atoms. The minimum Gasteiger partial charge on any atom is -0.412 e. The monoisotopic (exact) mass is 229 g/mol. The van der Waals surface area contributed by atoms with E-state index in [-0.39, 0.29) is 5.69 Å². The molecule has 0 radical (unpaired) electrons. The highest BCUT2D eigenvalue weighted by Gasteiger charge is 2.14. The Morgan fingerprint density at radius 3 is 2.82 bits per heavy atom. The van der Waals surface area contributed by atoms with Gasteiger partial charge >= 0.3 is 5.69 Å². The number of hydrogen-bond acceptors (Lipinski definition) is 3. The quantitative estimate of drug-likeness (QED) is 0.624. The van der Waals surface area contributed by atoms with Gasteiger partial charge in [0.25, 0.3) is 0 Å². The lowest BCUT2D eigenvalue weighted by molar-refractivity contribution is 0.167. The summed E-state index contributed by atoms with van der Waals surface area (Å²) in [4.78, 5) is 21.4. The first-order chi connectivity index (χ1) is 8.24. The van der Waals surface area contributed by atoms with Gasteiger partial charge in [0.2, 0.25) is 0 Å². The highest BCUT2D eigenvalue weighted by Crippen LogP contribution is 2.21. The molecule has 2 heterocycles. The van der Waals surface area contributed by atoms with Crippen LogP contribution < -0.4 is 10.5 Å². The van der Waals surface area contributed by atoms with E-state index in [4.69, 9.17) is 4.84 Å². The highest BCUT2D eigenvalue weighted by molar-refractivity contribution is 6.01. The van der Waals surface area contributed by atoms with Crippen molar-refractivity contribution in [2.45, 2.75) is 0 Å². The van der Waals surface area contributed by atoms with Gasteiger partial charge in [-0.15, -0.1) is 4.73 Å². The first-order valence-electron chi connectivity index (χ1n) is 5.23. The third-order valence-corrected chi connectivity index (χ3v) is 2.94. The number of fused-ring (bicyclic) bond motifs is 3. The van der Waals surface area contributed by atoms with Crippen molar-refractivity contribution in [3.05, 3.63) is 40.9 Å². The summed E-state index contributed by atoms with van der Waals surface area (Å²) < 4.78 is 2.82. The van der Waals surface area contributed by atoms with Crippen molar-refractivity contribution in [2.24, 2.45) is 7.05 Å². The number of benzene rings is 1. The molecule has 0 aliphatic carbocycles. The van der Waals surface area contributed by atoms with Crippen LogP contribution in [0.1, 0.15) is 0 Å². The first kappa shape index (κ1) is 9.89. The summed E-state index contributed by atoms with van der Waals surface area (Å²) in [5.41, 5.74) is 2.15. The van der Waals surface area contributed by atoms with E-state index in [1.54, 1.807) is 13.2 Å². The van der Waals surface area contributed by atoms with Gasteiger partial charge in [0, 0.05) is 12.4 Å². The van der Waals surface area contributed by atoms with Gasteiger partial charge in [-0.1, -0.05) is 18.2 Å². The number of nitrogens with zero attached hydrogens (tertiary/aromatic N) is 3. The molecule has 5 nitrogen and oxygen atoms in total. The minimum atomic E-state index is -0.208. The molecule has 0 unspecified atom stereocenters. The van der Waals surface area contributed by atoms with Crippen LogP contribution in [-0.4, -0.2) is 21.4 Å². The predicted molar refractivity (Wildman–Crippen MR) is 65.0 cm³/mol. The second-order valence-electron chi connectivity index (χ2n) is 3.83. The second kappa shape index (κ2) is 3.35. The van der Waals surface area contributed by atoms with E-state index >= 15 is 0 Å². The second-order valence-corrected chi connectivity index (χ2v) is 3.83. The van der Waals surface area contributed by atoms with Crippen LogP contribution in [0, 0.1) is 0 Å². The summed E-state index contributed by atoms with van der Waals surface area (Å²) in [6.45, 7) is 0. The molecular formula is C12H11N3O2. The lowest BCUT2D eigenvalue weighted by Crippen LogP contribution is -2.25. The van der Waals surface area contributed by atoms with E-state index in [2.05, 4.69) is 4.98 Å². The summed E-state index contributed by atoms with van der Waals surface area (Å²) in [5, 5.41) is 0.907. The lowest BCUT2D eigenvalue weighted by Gasteiger charge is -2.02. The molecule has 0 saturated heterocycles. The van der Waals surface area contributed by atoms with Gasteiger partial charge in [0.05, 0.1) is 17.2 Å². The molecule has 2 aromatic heterocycles. The normalized spacial score (nSPS) is 11.2. The molecule has 0 amide bonds. The van der Waals surface area contributed by atoms with Crippen LogP contribution in [-0.2, 0) is 7.05 Å². The molecule has 0 atom stereocenters. The van der Waals surface area contributed by atoms with Crippen LogP contribution in [0.25, 0.3) is 21.9 Å². The fourth-order valence-electron chi connectivity index (χ4n) is 2.08. The molecule has 1 aromatic carbocycles. The lowest BCUT2D eigenvalue weighted by atomic mass is 10.2. The van der Waals surface area contributed by atoms with Gasteiger partial charge in [0.1, 0.15) is 12.6 Å². The molecule has 3 rings (SSSR count). The summed E-state index contributed by atoms with van der Waals surface area (Å²) >= 11 is 0. The maximum absolute atomic E-state index is 11.9. The molecular weight excluding hydrogens is 218 g/mol. The number of aromatic nitrogens is 3. The van der Waals surface area contributed by atoms with Crippen LogP contribution in [0.5, 0.6) is 0 Å². The third-order valence-electron chi connectivity index (χ3n) is 2.94. The Morgan fingerprint density at radius 2 is 2.06 bits per heavy atom. The Kier molecular flexibility index (Phi) is 1.95. The summed E-state index contributed by atoms with van der Waals surface area (Å²) in [6, 6.07) is 7.67. The molecule has 17 heavy (non-hydrogen) atoms. The Balaban J connectivity index is 2.66. The fourth-order valence-corrected chi connectivity index (χ4v) is 2.08. The molecule has 86 valence electrons. The largest absolute Gasteiger partial charge is 0.412 e. The number of rotatable bonds is 1. The van der Waals surface area contributed by atoms with Gasteiger partial charge < -0.3 is 4.84 Å². The molecule has 0 bridgehead atoms. The highest BCUT2D eigenvalue weighted by atomic mass is 16.7. The number of pyridine rings is 1. The Morgan fingerprint density at radius 1 is 1.29 bits per heavy atom. The number of imidazole rings is 1. The zero-order chi connectivity index (χ0) is 12.0. The maximum Gasteiger partial charge on any atom is 0.361 e. The van der Waals surface area contributed by atoms with E-state index in [9.17, 15) is 4.79 Å². The molecule has 3 aromatic rings. The average Bonchev–Trinajstić information content (AvgIpc) is 2.62. The number of para-hydroxylation sites is 1. The van der Waals surface area contributed by atoms with Crippen LogP contribution >= 0.6 is 0 Å². The molecule has 0 fully saturated rings. The van der Waals surface area contributed by atoms with E-state index in [0.717, 1.165) is 21.9 Å². The Bertz CT molecular complexity index is 770. The smallest absolute Gasteiger partial charge is 0.361 e. The topological polar surface area (TPSA) is 49.0 Å². The van der Waals surface area contributed by atoms with Crippen molar-refractivity contribution in [1.29, 1.82) is 0 Å². The van der Waals surface area contributed by atoms with E-state index in [1.165, 1.54) is 16.4 Å². The van der Waals surface area contributed by atoms with Crippen LogP contribution in [0.3, 0.4) is 0 Å². The minimum absolute atomic E-state index is 0.208. The van der Waals surface area contributed by atoms with Gasteiger partial charge in [0.15, 0.2) is 0 Å². The molecule has 0 N–H and O–H groups in total. The van der Waals surface area contributed by atoms with Gasteiger partial charge in [-0.25, -0.2) is 4.79 Å². The first-order valence-corrected chi connectivity index (χ1v) is 5.23. The van der Waals surface area contributed by atoms with E-state index in [1.807, 2.05) is 24.3 Å². The van der Waals surface area contributed by atoms with E-state index in [0.29, 0.717) is 0 Å². The van der Waals surface area contributed by atoms with Gasteiger partial charge in [-0.2, -0.15) is 0 Å². The fraction of sp³-hybridized carbons (Fsp3) is 0.167. The maximum atomic E-state index is 11.9. The SMILES string of the molecule is COn1c(=O)n(C)c2cnc3ccccc3c21. The Hall–Kier alpha value is -2.30. The molecule has 5 heteroatoms. The van der Waals surface area contributed by atoms with Crippen molar-refractivity contribution in [2.75, 3.05) is 7.11 Å². The van der Waals surface area contributed by atoms with Gasteiger partial charge in [-0.05, 0) is 6.07 Å². The van der Waals surface area contributed by atoms with Crippen molar-refractivity contribution < 1.29 is 4.84 Å². The van der Waals surface area contributed by atoms with Crippen molar-refractivity contribution >= 4 is 21.9 Å². The predicted octanol–water partition coefficient (Wildman–Crippen LogP) is 0.947. The summed E-state index contributed by atoms with van der Waals surface area (Å²) in [7, 11) is 3.19. The molecule has 0 aliphatic heterocycles. The molecule has 0 aliphatic rings. The van der Waals surface area contributed by atoms with Crippen LogP contribution in [0.4, 0.5) is 0 Å². The molecule has 0 saturated carbocycles. The van der Waals surface area contributed by atoms with E-state index < -0.39 is 0 Å². The Labute approximate surface area is 96.8 Å². The number of aryl methyl sites for hydroxylation is 1.